The summed E-state index contributed by atoms with van der Waals surface area (Å²) in [5.41, 5.74) is 2.32. The molecule has 10 nitrogen and oxygen atoms in total. The molecule has 0 spiro atoms. The number of rotatable bonds is 3. The lowest BCUT2D eigenvalue weighted by Gasteiger charge is -2.29. The molecule has 1 aromatic heterocycles. The predicted octanol–water partition coefficient (Wildman–Crippen LogP) is 1.43. The molecule has 1 aliphatic carbocycles. The first-order chi connectivity index (χ1) is 16.4. The van der Waals surface area contributed by atoms with Crippen LogP contribution < -0.4 is 5.32 Å². The molecular weight excluding hydrogens is 436 g/mol. The first kappa shape index (κ1) is 21.0. The van der Waals surface area contributed by atoms with E-state index >= 15 is 0 Å². The molecule has 3 fully saturated rings. The van der Waals surface area contributed by atoms with Gasteiger partial charge in [0.1, 0.15) is 6.04 Å². The van der Waals surface area contributed by atoms with E-state index in [4.69, 9.17) is 0 Å². The van der Waals surface area contributed by atoms with E-state index in [1.165, 1.54) is 17.7 Å². The number of fused-ring (bicyclic) bond motifs is 2. The van der Waals surface area contributed by atoms with Crippen molar-refractivity contribution in [1.82, 2.24) is 30.1 Å². The summed E-state index contributed by atoms with van der Waals surface area (Å²) in [6.45, 7) is 2.38. The Kier molecular flexibility index (Phi) is 4.79. The van der Waals surface area contributed by atoms with Gasteiger partial charge in [0, 0.05) is 30.6 Å². The minimum atomic E-state index is -0.654. The Morgan fingerprint density at radius 3 is 2.82 bits per heavy atom. The van der Waals surface area contributed by atoms with Gasteiger partial charge in [0.2, 0.25) is 11.8 Å². The number of nitrogens with zero attached hydrogens (tertiary/aromatic N) is 5. The van der Waals surface area contributed by atoms with Crippen molar-refractivity contribution in [2.24, 2.45) is 5.92 Å². The van der Waals surface area contributed by atoms with E-state index in [1.54, 1.807) is 23.0 Å². The largest absolute Gasteiger partial charge is 0.331 e. The maximum atomic E-state index is 13.2. The second-order valence-corrected chi connectivity index (χ2v) is 9.85. The van der Waals surface area contributed by atoms with Crippen molar-refractivity contribution in [2.75, 3.05) is 0 Å². The summed E-state index contributed by atoms with van der Waals surface area (Å²) < 4.78 is 1.56. The van der Waals surface area contributed by atoms with Crippen LogP contribution in [0.15, 0.2) is 24.4 Å². The third-order valence-electron chi connectivity index (χ3n) is 7.81. The number of likely N-dealkylation sites (tertiary alicyclic amines) is 1. The zero-order valence-corrected chi connectivity index (χ0v) is 18.9. The third-order valence-corrected chi connectivity index (χ3v) is 7.81. The van der Waals surface area contributed by atoms with Crippen molar-refractivity contribution in [3.63, 3.8) is 0 Å². The topological polar surface area (TPSA) is 118 Å². The van der Waals surface area contributed by atoms with Gasteiger partial charge in [-0.1, -0.05) is 11.6 Å². The summed E-state index contributed by atoms with van der Waals surface area (Å²) in [6.07, 6.45) is 6.65. The van der Waals surface area contributed by atoms with Crippen molar-refractivity contribution < 1.29 is 19.2 Å². The minimum absolute atomic E-state index is 0.0754. The number of carbonyl (C=O) groups excluding carboxylic acids is 4. The number of imide groups is 1. The second-order valence-electron chi connectivity index (χ2n) is 9.85. The molecular formula is C24H26N6O4. The highest BCUT2D eigenvalue weighted by Crippen LogP contribution is 2.41. The van der Waals surface area contributed by atoms with Gasteiger partial charge in [-0.25, -0.2) is 4.68 Å². The zero-order valence-electron chi connectivity index (χ0n) is 18.9. The SMILES string of the molecule is C[C@@H]1C[C@@H]2CCC[C@@H]2N1C(=O)c1cn(-c2ccc3c(c2)CN(C2CCC(=O)NC2=O)C3=O)nn1. The maximum absolute atomic E-state index is 13.2. The summed E-state index contributed by atoms with van der Waals surface area (Å²) in [6, 6.07) is 5.17. The summed E-state index contributed by atoms with van der Waals surface area (Å²) in [4.78, 5) is 53.4. The second kappa shape index (κ2) is 7.75. The summed E-state index contributed by atoms with van der Waals surface area (Å²) >= 11 is 0. The molecule has 1 N–H and O–H groups in total. The Balaban J connectivity index is 1.22. The van der Waals surface area contributed by atoms with E-state index in [9.17, 15) is 19.2 Å². The van der Waals surface area contributed by atoms with Gasteiger partial charge in [-0.05, 0) is 62.3 Å². The molecule has 0 radical (unpaired) electrons. The summed E-state index contributed by atoms with van der Waals surface area (Å²) in [5.74, 6) is -0.447. The number of nitrogens with one attached hydrogen (secondary N) is 1. The fourth-order valence-electron chi connectivity index (χ4n) is 6.21. The molecule has 1 unspecified atom stereocenters. The highest BCUT2D eigenvalue weighted by atomic mass is 16.2. The fourth-order valence-corrected chi connectivity index (χ4v) is 6.21. The standard InChI is InChI=1S/C24H26N6O4/c1-13-9-14-3-2-4-19(14)30(13)24(34)18-12-29(27-26-18)16-5-6-17-15(10-16)11-28(23(17)33)20-7-8-21(31)25-22(20)32/h5-6,10,12-14,19-20H,2-4,7-9,11H2,1H3,(H,25,31,32)/t13-,14+,19+,20?/m1/s1. The number of aromatic nitrogens is 3. The lowest BCUT2D eigenvalue weighted by molar-refractivity contribution is -0.136. The van der Waals surface area contributed by atoms with E-state index in [0.717, 1.165) is 18.4 Å². The van der Waals surface area contributed by atoms with Gasteiger partial charge in [-0.3, -0.25) is 24.5 Å². The van der Waals surface area contributed by atoms with Gasteiger partial charge in [0.05, 0.1) is 11.9 Å². The molecule has 3 aliphatic heterocycles. The highest BCUT2D eigenvalue weighted by Gasteiger charge is 2.45. The summed E-state index contributed by atoms with van der Waals surface area (Å²) in [5, 5.41) is 10.7. The number of piperidine rings is 1. The third kappa shape index (κ3) is 3.23. The van der Waals surface area contributed by atoms with Crippen LogP contribution in [0.2, 0.25) is 0 Å². The average molecular weight is 463 g/mol. The van der Waals surface area contributed by atoms with Crippen LogP contribution in [0.1, 0.15) is 71.9 Å². The van der Waals surface area contributed by atoms with Crippen LogP contribution in [0.3, 0.4) is 0 Å². The Morgan fingerprint density at radius 2 is 2.00 bits per heavy atom. The van der Waals surface area contributed by atoms with Crippen LogP contribution >= 0.6 is 0 Å². The van der Waals surface area contributed by atoms with E-state index < -0.39 is 11.9 Å². The van der Waals surface area contributed by atoms with E-state index in [2.05, 4.69) is 22.6 Å². The van der Waals surface area contributed by atoms with Gasteiger partial charge >= 0.3 is 0 Å². The van der Waals surface area contributed by atoms with Gasteiger partial charge in [0.25, 0.3) is 11.8 Å². The van der Waals surface area contributed by atoms with Crippen molar-refractivity contribution in [3.05, 3.63) is 41.2 Å². The quantitative estimate of drug-likeness (QED) is 0.690. The summed E-state index contributed by atoms with van der Waals surface area (Å²) in [7, 11) is 0. The smallest absolute Gasteiger partial charge is 0.276 e. The zero-order chi connectivity index (χ0) is 23.6. The molecule has 2 saturated heterocycles. The minimum Gasteiger partial charge on any atom is -0.331 e. The van der Waals surface area contributed by atoms with Crippen LogP contribution in [0, 0.1) is 5.92 Å². The Labute approximate surface area is 196 Å². The van der Waals surface area contributed by atoms with Crippen LogP contribution in [-0.4, -0.2) is 66.5 Å². The van der Waals surface area contributed by atoms with Crippen LogP contribution in [0.25, 0.3) is 5.69 Å². The lowest BCUT2D eigenvalue weighted by atomic mass is 10.0. The molecule has 34 heavy (non-hydrogen) atoms. The van der Waals surface area contributed by atoms with Crippen LogP contribution in [-0.2, 0) is 16.1 Å². The van der Waals surface area contributed by atoms with E-state index in [-0.39, 0.29) is 36.7 Å². The predicted molar refractivity (Wildman–Crippen MR) is 119 cm³/mol. The monoisotopic (exact) mass is 462 g/mol. The van der Waals surface area contributed by atoms with E-state index in [1.807, 2.05) is 11.0 Å². The van der Waals surface area contributed by atoms with Crippen LogP contribution in [0.5, 0.6) is 0 Å². The number of carbonyl (C=O) groups is 4. The molecule has 4 heterocycles. The molecule has 2 aromatic rings. The van der Waals surface area contributed by atoms with Crippen molar-refractivity contribution >= 4 is 23.6 Å². The Bertz CT molecular complexity index is 1220. The van der Waals surface area contributed by atoms with Crippen molar-refractivity contribution in [3.8, 4) is 5.69 Å². The molecule has 176 valence electrons. The molecule has 4 aliphatic rings. The Morgan fingerprint density at radius 1 is 1.15 bits per heavy atom. The van der Waals surface area contributed by atoms with E-state index in [0.29, 0.717) is 35.3 Å². The number of benzene rings is 1. The molecule has 1 aromatic carbocycles. The van der Waals surface area contributed by atoms with Crippen molar-refractivity contribution in [2.45, 2.75) is 70.1 Å². The van der Waals surface area contributed by atoms with Crippen molar-refractivity contribution in [1.29, 1.82) is 0 Å². The molecule has 4 atom stereocenters. The number of amides is 4. The first-order valence-electron chi connectivity index (χ1n) is 11.9. The van der Waals surface area contributed by atoms with Gasteiger partial charge in [-0.2, -0.15) is 0 Å². The van der Waals surface area contributed by atoms with Gasteiger partial charge < -0.3 is 9.80 Å². The lowest BCUT2D eigenvalue weighted by Crippen LogP contribution is -2.52. The highest BCUT2D eigenvalue weighted by molar-refractivity contribution is 6.05. The van der Waals surface area contributed by atoms with Gasteiger partial charge in [0.15, 0.2) is 5.69 Å². The molecule has 1 saturated carbocycles. The fraction of sp³-hybridized carbons (Fsp3) is 0.500. The number of hydrogen-bond donors (Lipinski definition) is 1. The molecule has 6 rings (SSSR count). The molecule has 4 amide bonds. The average Bonchev–Trinajstić information content (AvgIpc) is 3.57. The van der Waals surface area contributed by atoms with Gasteiger partial charge in [-0.15, -0.1) is 5.10 Å². The Hall–Kier alpha value is -3.56. The van der Waals surface area contributed by atoms with Crippen LogP contribution in [0.4, 0.5) is 0 Å². The number of hydrogen-bond acceptors (Lipinski definition) is 6. The first-order valence-corrected chi connectivity index (χ1v) is 11.9. The maximum Gasteiger partial charge on any atom is 0.276 e. The molecule has 10 heteroatoms. The normalized spacial score (nSPS) is 28.3. The molecule has 0 bridgehead atoms.